The van der Waals surface area contributed by atoms with Crippen LogP contribution in [-0.4, -0.2) is 29.7 Å². The van der Waals surface area contributed by atoms with Gasteiger partial charge in [-0.2, -0.15) is 5.10 Å². The number of nitrogens with zero attached hydrogens (tertiary/aromatic N) is 5. The second-order valence-corrected chi connectivity index (χ2v) is 3.88. The summed E-state index contributed by atoms with van der Waals surface area (Å²) in [6.45, 7) is 11.7. The van der Waals surface area contributed by atoms with E-state index >= 15 is 0 Å². The number of amides is 1. The van der Waals surface area contributed by atoms with Gasteiger partial charge in [0.15, 0.2) is 5.82 Å². The van der Waals surface area contributed by atoms with E-state index in [9.17, 15) is 4.79 Å². The summed E-state index contributed by atoms with van der Waals surface area (Å²) in [7, 11) is 1.53. The predicted molar refractivity (Wildman–Crippen MR) is 94.8 cm³/mol. The molecule has 25 heavy (non-hydrogen) atoms. The number of nitriles is 2. The van der Waals surface area contributed by atoms with Crippen molar-refractivity contribution in [1.82, 2.24) is 9.97 Å². The molecule has 1 amide bonds. The maximum Gasteiger partial charge on any atom is 0.260 e. The molecule has 0 saturated heterocycles. The van der Waals surface area contributed by atoms with E-state index in [1.165, 1.54) is 13.3 Å². The van der Waals surface area contributed by atoms with E-state index in [2.05, 4.69) is 46.1 Å². The van der Waals surface area contributed by atoms with Gasteiger partial charge >= 0.3 is 0 Å². The van der Waals surface area contributed by atoms with E-state index in [4.69, 9.17) is 15.3 Å². The highest BCUT2D eigenvalue weighted by atomic mass is 16.5. The average Bonchev–Trinajstić information content (AvgIpc) is 2.65. The van der Waals surface area contributed by atoms with Crippen molar-refractivity contribution < 1.29 is 9.53 Å². The topological polar surface area (TPSA) is 150 Å². The number of ether oxygens (including phenoxy) is 1. The number of aryl methyl sites for hydroxylation is 1. The first kappa shape index (κ1) is 23.3. The maximum atomic E-state index is 12.0. The lowest BCUT2D eigenvalue weighted by Crippen LogP contribution is -2.14. The van der Waals surface area contributed by atoms with Crippen LogP contribution < -0.4 is 15.9 Å². The molecule has 9 nitrogen and oxygen atoms in total. The molecule has 0 aliphatic heterocycles. The van der Waals surface area contributed by atoms with Crippen molar-refractivity contribution >= 4 is 18.4 Å². The van der Waals surface area contributed by atoms with Crippen LogP contribution in [0, 0.1) is 30.6 Å². The van der Waals surface area contributed by atoms with Gasteiger partial charge in [-0.25, -0.2) is 15.5 Å². The van der Waals surface area contributed by atoms with Crippen molar-refractivity contribution in [3.8, 4) is 18.9 Å². The molecule has 0 aliphatic carbocycles. The van der Waals surface area contributed by atoms with Gasteiger partial charge in [-0.1, -0.05) is 12.1 Å². The molecule has 2 aromatic rings. The molecule has 0 aliphatic rings. The van der Waals surface area contributed by atoms with Crippen LogP contribution in [0.2, 0.25) is 0 Å². The van der Waals surface area contributed by atoms with Gasteiger partial charge in [0.1, 0.15) is 5.75 Å². The molecular weight excluding hydrogens is 322 g/mol. The Morgan fingerprint density at radius 3 is 2.36 bits per heavy atom. The third-order valence-corrected chi connectivity index (χ3v) is 2.35. The monoisotopic (exact) mass is 341 g/mol. The summed E-state index contributed by atoms with van der Waals surface area (Å²) in [5, 5.41) is 18.4. The summed E-state index contributed by atoms with van der Waals surface area (Å²) in [6.07, 6.45) is 3.12. The summed E-state index contributed by atoms with van der Waals surface area (Å²) in [5.74, 6) is 5.04. The van der Waals surface area contributed by atoms with E-state index in [0.29, 0.717) is 17.1 Å². The minimum Gasteiger partial charge on any atom is -0.496 e. The highest BCUT2D eigenvalue weighted by Gasteiger charge is 2.12. The lowest BCUT2D eigenvalue weighted by Gasteiger charge is -2.08. The van der Waals surface area contributed by atoms with Crippen LogP contribution in [0.3, 0.4) is 0 Å². The van der Waals surface area contributed by atoms with Crippen LogP contribution in [0.4, 0.5) is 5.82 Å². The summed E-state index contributed by atoms with van der Waals surface area (Å²) in [5.41, 5.74) is 1.20. The molecule has 0 radical (unpaired) electrons. The van der Waals surface area contributed by atoms with Gasteiger partial charge in [-0.05, 0) is 19.1 Å². The zero-order chi connectivity index (χ0) is 19.7. The summed E-state index contributed by atoms with van der Waals surface area (Å²) in [4.78, 5) is 20.2. The number of hydrogen-bond donors (Lipinski definition) is 2. The van der Waals surface area contributed by atoms with Crippen LogP contribution in [0.5, 0.6) is 5.75 Å². The number of nitrogens with two attached hydrogens (primary N) is 1. The lowest BCUT2D eigenvalue weighted by atomic mass is 10.2. The fourth-order valence-electron chi connectivity index (χ4n) is 1.54. The number of hydrazone groups is 1. The minimum absolute atomic E-state index is 0.271. The Morgan fingerprint density at radius 2 is 1.84 bits per heavy atom. The summed E-state index contributed by atoms with van der Waals surface area (Å²) in [6, 6.07) is 7.01. The Labute approximate surface area is 146 Å². The van der Waals surface area contributed by atoms with Gasteiger partial charge in [-0.3, -0.25) is 9.78 Å². The first-order valence-electron chi connectivity index (χ1n) is 6.53. The molecule has 0 spiro atoms. The lowest BCUT2D eigenvalue weighted by molar-refractivity contribution is 0.102. The van der Waals surface area contributed by atoms with Gasteiger partial charge in [-0.15, -0.1) is 0 Å². The minimum atomic E-state index is -0.271. The normalized spacial score (nSPS) is 7.76. The number of carbonyl (C=O) groups excluding carboxylic acids is 1. The third-order valence-electron chi connectivity index (χ3n) is 2.35. The number of nitrogens with one attached hydrogen (secondary N) is 1. The molecule has 1 heterocycles. The number of carbonyl (C=O) groups is 1. The van der Waals surface area contributed by atoms with Gasteiger partial charge in [0.25, 0.3) is 5.91 Å². The third kappa shape index (κ3) is 8.90. The Bertz CT molecular complexity index is 693. The van der Waals surface area contributed by atoms with Crippen molar-refractivity contribution in [1.29, 1.82) is 10.5 Å². The fraction of sp³-hybridized carbons (Fsp3) is 0.125. The fourth-order valence-corrected chi connectivity index (χ4v) is 1.54. The highest BCUT2D eigenvalue weighted by Crippen LogP contribution is 2.18. The standard InChI is InChI=1S/C13H13N3O2.CH4N2.2CHN/c1-9-7-14-8-12(15-9)16-13(17)10-5-3-4-6-11(10)18-2;1-3-2;2*1-2/h3-8H,1-2H3,(H,15,16,17);1-2H2;2*1H. The number of anilines is 1. The van der Waals surface area contributed by atoms with Crippen molar-refractivity contribution in [2.45, 2.75) is 6.92 Å². The number of rotatable bonds is 3. The summed E-state index contributed by atoms with van der Waals surface area (Å²) < 4.78 is 5.13. The largest absolute Gasteiger partial charge is 0.496 e. The van der Waals surface area contributed by atoms with E-state index in [0.717, 1.165) is 5.69 Å². The van der Waals surface area contributed by atoms with Gasteiger partial charge in [0.05, 0.1) is 24.6 Å². The van der Waals surface area contributed by atoms with Crippen LogP contribution in [0.1, 0.15) is 16.1 Å². The van der Waals surface area contributed by atoms with Gasteiger partial charge < -0.3 is 15.9 Å². The Morgan fingerprint density at radius 1 is 1.28 bits per heavy atom. The predicted octanol–water partition coefficient (Wildman–Crippen LogP) is 1.89. The smallest absolute Gasteiger partial charge is 0.260 e. The molecule has 1 aromatic heterocycles. The number of methoxy groups -OCH3 is 1. The number of hydrogen-bond acceptors (Lipinski definition) is 8. The Hall–Kier alpha value is -3.98. The first-order chi connectivity index (χ1) is 12.1. The van der Waals surface area contributed by atoms with Gasteiger partial charge in [0.2, 0.25) is 0 Å². The summed E-state index contributed by atoms with van der Waals surface area (Å²) >= 11 is 0. The molecule has 130 valence electrons. The number of benzene rings is 1. The Balaban J connectivity index is 0. The van der Waals surface area contributed by atoms with Crippen LogP contribution >= 0.6 is 0 Å². The van der Waals surface area contributed by atoms with Crippen molar-refractivity contribution in [2.24, 2.45) is 10.9 Å². The zero-order valence-electron chi connectivity index (χ0n) is 14.0. The van der Waals surface area contributed by atoms with Crippen molar-refractivity contribution in [3.63, 3.8) is 0 Å². The number of aromatic nitrogens is 2. The van der Waals surface area contributed by atoms with E-state index in [-0.39, 0.29) is 5.91 Å². The second kappa shape index (κ2) is 14.9. The quantitative estimate of drug-likeness (QED) is 0.491. The van der Waals surface area contributed by atoms with E-state index in [1.807, 2.05) is 13.0 Å². The SMILES string of the molecule is C#N.C#N.C=NN.COc1ccccc1C(=O)Nc1cncc(C)n1. The second-order valence-electron chi connectivity index (χ2n) is 3.88. The average molecular weight is 341 g/mol. The molecular formula is C16H19N7O2. The molecule has 2 rings (SSSR count). The molecule has 0 fully saturated rings. The van der Waals surface area contributed by atoms with Crippen molar-refractivity contribution in [3.05, 3.63) is 47.9 Å². The van der Waals surface area contributed by atoms with Gasteiger partial charge in [0, 0.05) is 26.1 Å². The highest BCUT2D eigenvalue weighted by molar-refractivity contribution is 6.05. The van der Waals surface area contributed by atoms with Crippen LogP contribution in [-0.2, 0) is 0 Å². The molecule has 0 atom stereocenters. The Kier molecular flexibility index (Phi) is 13.9. The molecule has 0 saturated carbocycles. The van der Waals surface area contributed by atoms with E-state index < -0.39 is 0 Å². The molecule has 3 N–H and O–H groups in total. The van der Waals surface area contributed by atoms with Crippen LogP contribution in [0.15, 0.2) is 41.8 Å². The molecule has 9 heteroatoms. The maximum absolute atomic E-state index is 12.0. The van der Waals surface area contributed by atoms with Crippen molar-refractivity contribution in [2.75, 3.05) is 12.4 Å². The number of para-hydroxylation sites is 1. The first-order valence-corrected chi connectivity index (χ1v) is 6.53. The van der Waals surface area contributed by atoms with Crippen LogP contribution in [0.25, 0.3) is 0 Å². The zero-order valence-corrected chi connectivity index (χ0v) is 14.0. The molecule has 1 aromatic carbocycles. The molecule has 0 unspecified atom stereocenters. The molecule has 0 bridgehead atoms. The van der Waals surface area contributed by atoms with E-state index in [1.54, 1.807) is 24.4 Å².